The molecule has 0 fully saturated rings. The van der Waals surface area contributed by atoms with E-state index in [4.69, 9.17) is 4.74 Å². The maximum Gasteiger partial charge on any atom is 0.234 e. The smallest absolute Gasteiger partial charge is 0.234 e. The van der Waals surface area contributed by atoms with Crippen LogP contribution in [-0.2, 0) is 16.1 Å². The molecule has 1 N–H and O–H groups in total. The lowest BCUT2D eigenvalue weighted by atomic mass is 10.4. The van der Waals surface area contributed by atoms with E-state index in [-0.39, 0.29) is 5.91 Å². The zero-order chi connectivity index (χ0) is 15.8. The minimum absolute atomic E-state index is 0.0345. The Balaban J connectivity index is 1.75. The Bertz CT molecular complexity index is 569. The average Bonchev–Trinajstić information content (AvgIpc) is 3.14. The molecule has 7 heteroatoms. The Hall–Kier alpha value is -1.28. The molecule has 0 aliphatic heterocycles. The molecular formula is C15H21N3O2S2. The molecule has 0 unspecified atom stereocenters. The first-order chi connectivity index (χ1) is 10.7. The molecule has 1 amide bonds. The van der Waals surface area contributed by atoms with Gasteiger partial charge in [0.25, 0.3) is 0 Å². The second-order valence-corrected chi connectivity index (χ2v) is 6.80. The third-order valence-corrected chi connectivity index (χ3v) is 4.91. The lowest BCUT2D eigenvalue weighted by molar-refractivity contribution is -0.122. The predicted octanol–water partition coefficient (Wildman–Crippen LogP) is 2.46. The van der Waals surface area contributed by atoms with Crippen LogP contribution in [0.4, 0.5) is 0 Å². The van der Waals surface area contributed by atoms with Gasteiger partial charge < -0.3 is 10.1 Å². The third kappa shape index (κ3) is 5.49. The summed E-state index contributed by atoms with van der Waals surface area (Å²) in [6, 6.07) is 4.10. The minimum atomic E-state index is 0.0345. The summed E-state index contributed by atoms with van der Waals surface area (Å²) >= 11 is 3.34. The number of nitrogens with zero attached hydrogens (tertiary/aromatic N) is 2. The zero-order valence-electron chi connectivity index (χ0n) is 12.9. The standard InChI is InChI=1S/C15H21N3O2S2/c1-18(10-14(19)16-6-4-7-20-2)9-12-11-22-15(17-12)13-5-3-8-21-13/h3,5,8,11H,4,6-7,9-10H2,1-2H3,(H,16,19). The minimum Gasteiger partial charge on any atom is -0.385 e. The number of ether oxygens (including phenoxy) is 1. The molecule has 5 nitrogen and oxygen atoms in total. The topological polar surface area (TPSA) is 54.5 Å². The fourth-order valence-corrected chi connectivity index (χ4v) is 3.60. The van der Waals surface area contributed by atoms with Crippen LogP contribution in [0.25, 0.3) is 9.88 Å². The number of methoxy groups -OCH3 is 1. The van der Waals surface area contributed by atoms with Gasteiger partial charge in [-0.1, -0.05) is 6.07 Å². The zero-order valence-corrected chi connectivity index (χ0v) is 14.5. The second kappa shape index (κ2) is 8.99. The van der Waals surface area contributed by atoms with Crippen molar-refractivity contribution < 1.29 is 9.53 Å². The van der Waals surface area contributed by atoms with E-state index < -0.39 is 0 Å². The Morgan fingerprint density at radius 3 is 3.05 bits per heavy atom. The summed E-state index contributed by atoms with van der Waals surface area (Å²) in [4.78, 5) is 19.6. The molecule has 0 aliphatic rings. The van der Waals surface area contributed by atoms with Crippen molar-refractivity contribution in [3.05, 3.63) is 28.6 Å². The number of likely N-dealkylation sites (N-methyl/N-ethyl adjacent to an activating group) is 1. The maximum atomic E-state index is 11.8. The van der Waals surface area contributed by atoms with Crippen LogP contribution in [0, 0.1) is 0 Å². The summed E-state index contributed by atoms with van der Waals surface area (Å²) in [5.41, 5.74) is 1.00. The Labute approximate surface area is 138 Å². The first-order valence-electron chi connectivity index (χ1n) is 7.11. The van der Waals surface area contributed by atoms with Crippen molar-refractivity contribution in [1.82, 2.24) is 15.2 Å². The molecule has 0 saturated heterocycles. The summed E-state index contributed by atoms with van der Waals surface area (Å²) in [6.45, 7) is 2.37. The number of thiazole rings is 1. The van der Waals surface area contributed by atoms with E-state index in [9.17, 15) is 4.79 Å². The van der Waals surface area contributed by atoms with Gasteiger partial charge in [0.05, 0.1) is 17.1 Å². The first kappa shape index (κ1) is 17.1. The van der Waals surface area contributed by atoms with Gasteiger partial charge in [0.2, 0.25) is 5.91 Å². The van der Waals surface area contributed by atoms with E-state index in [1.807, 2.05) is 18.0 Å². The summed E-state index contributed by atoms with van der Waals surface area (Å²) in [5, 5.41) is 8.04. The van der Waals surface area contributed by atoms with Crippen LogP contribution in [0.3, 0.4) is 0 Å². The van der Waals surface area contributed by atoms with Gasteiger partial charge in [0, 0.05) is 32.2 Å². The van der Waals surface area contributed by atoms with E-state index in [0.717, 1.165) is 17.1 Å². The van der Waals surface area contributed by atoms with Crippen molar-refractivity contribution in [2.75, 3.05) is 33.9 Å². The summed E-state index contributed by atoms with van der Waals surface area (Å²) in [5.74, 6) is 0.0345. The molecule has 0 atom stereocenters. The molecule has 0 aromatic carbocycles. The van der Waals surface area contributed by atoms with Crippen molar-refractivity contribution in [3.8, 4) is 9.88 Å². The largest absolute Gasteiger partial charge is 0.385 e. The van der Waals surface area contributed by atoms with Crippen LogP contribution in [-0.4, -0.2) is 49.6 Å². The van der Waals surface area contributed by atoms with E-state index in [1.54, 1.807) is 29.8 Å². The SMILES string of the molecule is COCCCNC(=O)CN(C)Cc1csc(-c2cccs2)n1. The van der Waals surface area contributed by atoms with Gasteiger partial charge in [-0.25, -0.2) is 4.98 Å². The maximum absolute atomic E-state index is 11.8. The molecule has 120 valence electrons. The van der Waals surface area contributed by atoms with Gasteiger partial charge in [-0.15, -0.1) is 22.7 Å². The third-order valence-electron chi connectivity index (χ3n) is 2.98. The number of aromatic nitrogens is 1. The van der Waals surface area contributed by atoms with E-state index in [0.29, 0.717) is 26.2 Å². The number of carbonyl (C=O) groups is 1. The summed E-state index contributed by atoms with van der Waals surface area (Å²) < 4.78 is 4.95. The van der Waals surface area contributed by atoms with Crippen LogP contribution in [0.2, 0.25) is 0 Å². The molecule has 0 spiro atoms. The van der Waals surface area contributed by atoms with Gasteiger partial charge in [-0.3, -0.25) is 9.69 Å². The predicted molar refractivity (Wildman–Crippen MR) is 91.3 cm³/mol. The van der Waals surface area contributed by atoms with Gasteiger partial charge in [-0.2, -0.15) is 0 Å². The molecule has 0 saturated carbocycles. The fourth-order valence-electron chi connectivity index (χ4n) is 1.97. The monoisotopic (exact) mass is 339 g/mol. The lowest BCUT2D eigenvalue weighted by Crippen LogP contribution is -2.35. The van der Waals surface area contributed by atoms with Gasteiger partial charge in [0.1, 0.15) is 5.01 Å². The molecule has 0 bridgehead atoms. The van der Waals surface area contributed by atoms with Crippen molar-refractivity contribution in [3.63, 3.8) is 0 Å². The van der Waals surface area contributed by atoms with Crippen LogP contribution >= 0.6 is 22.7 Å². The number of thiophene rings is 1. The van der Waals surface area contributed by atoms with Crippen LogP contribution in [0.15, 0.2) is 22.9 Å². The highest BCUT2D eigenvalue weighted by Crippen LogP contribution is 2.27. The van der Waals surface area contributed by atoms with E-state index >= 15 is 0 Å². The van der Waals surface area contributed by atoms with Crippen molar-refractivity contribution >= 4 is 28.6 Å². The van der Waals surface area contributed by atoms with E-state index in [2.05, 4.69) is 27.1 Å². The first-order valence-corrected chi connectivity index (χ1v) is 8.87. The highest BCUT2D eigenvalue weighted by Gasteiger charge is 2.10. The number of amides is 1. The summed E-state index contributed by atoms with van der Waals surface area (Å²) in [7, 11) is 3.59. The fraction of sp³-hybridized carbons (Fsp3) is 0.467. The molecule has 22 heavy (non-hydrogen) atoms. The Morgan fingerprint density at radius 2 is 2.32 bits per heavy atom. The molecular weight excluding hydrogens is 318 g/mol. The van der Waals surface area contributed by atoms with Gasteiger partial charge >= 0.3 is 0 Å². The highest BCUT2D eigenvalue weighted by atomic mass is 32.1. The highest BCUT2D eigenvalue weighted by molar-refractivity contribution is 7.20. The average molecular weight is 339 g/mol. The molecule has 0 aliphatic carbocycles. The van der Waals surface area contributed by atoms with E-state index in [1.165, 1.54) is 4.88 Å². The number of hydrogen-bond donors (Lipinski definition) is 1. The number of nitrogens with one attached hydrogen (secondary N) is 1. The normalized spacial score (nSPS) is 11.0. The summed E-state index contributed by atoms with van der Waals surface area (Å²) in [6.07, 6.45) is 0.836. The lowest BCUT2D eigenvalue weighted by Gasteiger charge is -2.14. The molecule has 2 rings (SSSR count). The van der Waals surface area contributed by atoms with Crippen LogP contribution < -0.4 is 5.32 Å². The van der Waals surface area contributed by atoms with Crippen molar-refractivity contribution in [2.24, 2.45) is 0 Å². The number of rotatable bonds is 9. The Kier molecular flexibility index (Phi) is 6.98. The van der Waals surface area contributed by atoms with Crippen LogP contribution in [0.5, 0.6) is 0 Å². The quantitative estimate of drug-likeness (QED) is 0.713. The molecule has 2 heterocycles. The molecule has 0 radical (unpaired) electrons. The van der Waals surface area contributed by atoms with Crippen LogP contribution in [0.1, 0.15) is 12.1 Å². The van der Waals surface area contributed by atoms with Gasteiger partial charge in [-0.05, 0) is 24.9 Å². The van der Waals surface area contributed by atoms with Gasteiger partial charge in [0.15, 0.2) is 0 Å². The second-order valence-electron chi connectivity index (χ2n) is 4.99. The number of hydrogen-bond acceptors (Lipinski definition) is 6. The molecule has 2 aromatic rings. The molecule has 2 aromatic heterocycles. The Morgan fingerprint density at radius 1 is 1.45 bits per heavy atom. The van der Waals surface area contributed by atoms with Crippen molar-refractivity contribution in [2.45, 2.75) is 13.0 Å². The van der Waals surface area contributed by atoms with Crippen molar-refractivity contribution in [1.29, 1.82) is 0 Å². The number of carbonyl (C=O) groups excluding carboxylic acids is 1.